The summed E-state index contributed by atoms with van der Waals surface area (Å²) in [5, 5.41) is 5.77. The number of nitrogens with two attached hydrogens (primary N) is 1. The largest absolute Gasteiger partial charge is 0.443 e. The van der Waals surface area contributed by atoms with Gasteiger partial charge in [0.05, 0.1) is 6.42 Å². The molecule has 0 saturated carbocycles. The van der Waals surface area contributed by atoms with Crippen LogP contribution >= 0.6 is 0 Å². The fourth-order valence-electron chi connectivity index (χ4n) is 4.65. The molecule has 10 nitrogen and oxygen atoms in total. The number of benzene rings is 2. The van der Waals surface area contributed by atoms with E-state index in [9.17, 15) is 14.4 Å². The van der Waals surface area contributed by atoms with Crippen molar-refractivity contribution in [1.82, 2.24) is 15.1 Å². The lowest BCUT2D eigenvalue weighted by Gasteiger charge is -2.39. The van der Waals surface area contributed by atoms with E-state index in [1.807, 2.05) is 30.0 Å². The smallest absolute Gasteiger partial charge is 0.437 e. The Balaban J connectivity index is 1.62. The van der Waals surface area contributed by atoms with Gasteiger partial charge in [0.1, 0.15) is 11.2 Å². The zero-order chi connectivity index (χ0) is 30.4. The number of carbonyl (C=O) groups excluding carboxylic acids is 3. The summed E-state index contributed by atoms with van der Waals surface area (Å²) in [7, 11) is 0. The second-order valence-electron chi connectivity index (χ2n) is 12.6. The van der Waals surface area contributed by atoms with Gasteiger partial charge in [-0.1, -0.05) is 42.5 Å². The zero-order valence-corrected chi connectivity index (χ0v) is 25.4. The third-order valence-corrected chi connectivity index (χ3v) is 6.56. The summed E-state index contributed by atoms with van der Waals surface area (Å²) in [5.41, 5.74) is 5.55. The van der Waals surface area contributed by atoms with E-state index < -0.39 is 23.4 Å². The van der Waals surface area contributed by atoms with Gasteiger partial charge in [0.15, 0.2) is 0 Å². The van der Waals surface area contributed by atoms with Crippen molar-refractivity contribution in [2.75, 3.05) is 19.6 Å². The van der Waals surface area contributed by atoms with E-state index in [1.54, 1.807) is 41.5 Å². The zero-order valence-electron chi connectivity index (χ0n) is 25.4. The minimum atomic E-state index is -0.882. The van der Waals surface area contributed by atoms with Gasteiger partial charge >= 0.3 is 12.2 Å². The van der Waals surface area contributed by atoms with Crippen LogP contribution in [0.3, 0.4) is 0 Å². The van der Waals surface area contributed by atoms with Gasteiger partial charge in [-0.05, 0) is 77.6 Å². The average Bonchev–Trinajstić information content (AvgIpc) is 2.85. The molecule has 0 aromatic heterocycles. The molecular weight excluding hydrogens is 522 g/mol. The number of hydrogen-bond donors (Lipinski definition) is 2. The second kappa shape index (κ2) is 13.3. The van der Waals surface area contributed by atoms with E-state index >= 15 is 0 Å². The molecule has 2 aromatic rings. The maximum Gasteiger partial charge on any atom is 0.437 e. The van der Waals surface area contributed by atoms with Gasteiger partial charge in [-0.15, -0.1) is 4.99 Å². The average molecular weight is 568 g/mol. The Morgan fingerprint density at radius 2 is 1.68 bits per heavy atom. The molecule has 2 atom stereocenters. The maximum absolute atomic E-state index is 13.3. The molecular formula is C31H45N5O5. The molecule has 0 bridgehead atoms. The van der Waals surface area contributed by atoms with Crippen molar-refractivity contribution >= 4 is 34.8 Å². The number of nitrogens with zero attached hydrogens (tertiary/aromatic N) is 3. The lowest BCUT2D eigenvalue weighted by Crippen LogP contribution is -2.57. The summed E-state index contributed by atoms with van der Waals surface area (Å²) >= 11 is 0. The Labute approximate surface area is 243 Å². The number of ether oxygens (including phenoxy) is 2. The monoisotopic (exact) mass is 567 g/mol. The van der Waals surface area contributed by atoms with Crippen molar-refractivity contribution in [3.8, 4) is 0 Å². The van der Waals surface area contributed by atoms with Gasteiger partial charge < -0.3 is 25.4 Å². The molecule has 1 saturated heterocycles. The molecule has 1 unspecified atom stereocenters. The van der Waals surface area contributed by atoms with Gasteiger partial charge in [-0.3, -0.25) is 4.79 Å². The van der Waals surface area contributed by atoms with E-state index in [4.69, 9.17) is 15.2 Å². The molecule has 0 aliphatic carbocycles. The first-order valence-corrected chi connectivity index (χ1v) is 14.2. The van der Waals surface area contributed by atoms with Gasteiger partial charge in [-0.2, -0.15) is 0 Å². The number of amides is 3. The molecule has 10 heteroatoms. The quantitative estimate of drug-likeness (QED) is 0.378. The standard InChI is InChI=1S/C31H45N5O5/c1-21-19-33-25(20-36(21)26(37)18-22-14-15-23-11-8-9-12-24(23)17-22)13-10-16-35(29(39)41-31(5,6)7)27(32)34-28(38)40-30(2,3)4/h8-9,11-12,14-15,17,21,25,33H,10,13,16,18-20H2,1-7H3,(H2,32,34,38)/t21-,25?/m1/s1. The fourth-order valence-corrected chi connectivity index (χ4v) is 4.65. The molecule has 3 N–H and O–H groups in total. The van der Waals surface area contributed by atoms with Crippen LogP contribution in [0.4, 0.5) is 9.59 Å². The third-order valence-electron chi connectivity index (χ3n) is 6.56. The van der Waals surface area contributed by atoms with Crippen molar-refractivity contribution < 1.29 is 23.9 Å². The van der Waals surface area contributed by atoms with Crippen molar-refractivity contribution in [3.05, 3.63) is 48.0 Å². The van der Waals surface area contributed by atoms with Crippen LogP contribution in [-0.2, 0) is 20.7 Å². The van der Waals surface area contributed by atoms with Crippen LogP contribution < -0.4 is 11.1 Å². The molecule has 224 valence electrons. The molecule has 0 radical (unpaired) electrons. The molecule has 3 rings (SSSR count). The lowest BCUT2D eigenvalue weighted by molar-refractivity contribution is -0.134. The van der Waals surface area contributed by atoms with Crippen LogP contribution in [0.25, 0.3) is 10.8 Å². The van der Waals surface area contributed by atoms with Crippen molar-refractivity contribution in [3.63, 3.8) is 0 Å². The van der Waals surface area contributed by atoms with Gasteiger partial charge in [0.2, 0.25) is 11.9 Å². The van der Waals surface area contributed by atoms with Crippen LogP contribution in [0.15, 0.2) is 47.5 Å². The van der Waals surface area contributed by atoms with E-state index in [0.29, 0.717) is 32.4 Å². The van der Waals surface area contributed by atoms with Gasteiger partial charge in [0.25, 0.3) is 0 Å². The van der Waals surface area contributed by atoms with E-state index in [1.165, 1.54) is 0 Å². The molecule has 2 aromatic carbocycles. The summed E-state index contributed by atoms with van der Waals surface area (Å²) in [4.78, 5) is 45.3. The summed E-state index contributed by atoms with van der Waals surface area (Å²) in [5.74, 6) is -0.200. The van der Waals surface area contributed by atoms with E-state index in [0.717, 1.165) is 21.2 Å². The first kappa shape index (κ1) is 31.9. The summed E-state index contributed by atoms with van der Waals surface area (Å²) in [6, 6.07) is 14.4. The summed E-state index contributed by atoms with van der Waals surface area (Å²) < 4.78 is 10.7. The second-order valence-corrected chi connectivity index (χ2v) is 12.6. The van der Waals surface area contributed by atoms with Crippen molar-refractivity contribution in [2.45, 2.75) is 91.0 Å². The highest BCUT2D eigenvalue weighted by Gasteiger charge is 2.30. The summed E-state index contributed by atoms with van der Waals surface area (Å²) in [6.45, 7) is 13.9. The number of piperazine rings is 1. The SMILES string of the molecule is C[C@@H]1CNC(CCCN(C(=O)OC(C)(C)C)/C(N)=N/C(=O)OC(C)(C)C)CN1C(=O)Cc1ccc2ccccc2c1. The number of aliphatic imine (C=N–C) groups is 1. The number of hydrogen-bond acceptors (Lipinski definition) is 6. The fraction of sp³-hybridized carbons (Fsp3) is 0.548. The van der Waals surface area contributed by atoms with Crippen LogP contribution in [0.2, 0.25) is 0 Å². The normalized spacial score (nSPS) is 18.2. The van der Waals surface area contributed by atoms with Crippen LogP contribution in [0.1, 0.15) is 66.9 Å². The predicted molar refractivity (Wildman–Crippen MR) is 161 cm³/mol. The van der Waals surface area contributed by atoms with Crippen LogP contribution in [-0.4, -0.2) is 76.8 Å². The van der Waals surface area contributed by atoms with Crippen LogP contribution in [0.5, 0.6) is 0 Å². The highest BCUT2D eigenvalue weighted by molar-refractivity contribution is 5.98. The Morgan fingerprint density at radius 1 is 1.02 bits per heavy atom. The van der Waals surface area contributed by atoms with Gasteiger partial charge in [0, 0.05) is 31.7 Å². The molecule has 0 spiro atoms. The molecule has 3 amide bonds. The lowest BCUT2D eigenvalue weighted by atomic mass is 10.0. The molecule has 41 heavy (non-hydrogen) atoms. The minimum Gasteiger partial charge on any atom is -0.443 e. The minimum absolute atomic E-state index is 0.0382. The number of rotatable bonds is 6. The summed E-state index contributed by atoms with van der Waals surface area (Å²) in [6.07, 6.45) is -0.0215. The topological polar surface area (TPSA) is 127 Å². The molecule has 1 fully saturated rings. The first-order chi connectivity index (χ1) is 19.1. The van der Waals surface area contributed by atoms with E-state index in [2.05, 4.69) is 34.6 Å². The molecule has 1 aliphatic heterocycles. The van der Waals surface area contributed by atoms with Crippen molar-refractivity contribution in [1.29, 1.82) is 0 Å². The highest BCUT2D eigenvalue weighted by Crippen LogP contribution is 2.19. The maximum atomic E-state index is 13.3. The van der Waals surface area contributed by atoms with Crippen molar-refractivity contribution in [2.24, 2.45) is 10.7 Å². The number of fused-ring (bicyclic) bond motifs is 1. The van der Waals surface area contributed by atoms with Crippen LogP contribution in [0, 0.1) is 0 Å². The number of guanidine groups is 1. The number of nitrogens with one attached hydrogen (secondary N) is 1. The predicted octanol–water partition coefficient (Wildman–Crippen LogP) is 4.84. The third kappa shape index (κ3) is 10.0. The molecule has 1 heterocycles. The van der Waals surface area contributed by atoms with E-state index in [-0.39, 0.29) is 30.5 Å². The Hall–Kier alpha value is -3.66. The molecule has 1 aliphatic rings. The Kier molecular flexibility index (Phi) is 10.4. The number of carbonyl (C=O) groups is 3. The first-order valence-electron chi connectivity index (χ1n) is 14.2. The van der Waals surface area contributed by atoms with Gasteiger partial charge in [-0.25, -0.2) is 14.5 Å². The highest BCUT2D eigenvalue weighted by atomic mass is 16.6. The Bertz CT molecular complexity index is 1260. The Morgan fingerprint density at radius 3 is 2.34 bits per heavy atom.